The number of ether oxygens (including phenoxy) is 1. The summed E-state index contributed by atoms with van der Waals surface area (Å²) < 4.78 is 32.3. The van der Waals surface area contributed by atoms with Crippen molar-refractivity contribution in [1.29, 1.82) is 0 Å². The van der Waals surface area contributed by atoms with Gasteiger partial charge in [0, 0.05) is 10.4 Å². The highest BCUT2D eigenvalue weighted by Crippen LogP contribution is 2.56. The third kappa shape index (κ3) is 3.08. The van der Waals surface area contributed by atoms with Crippen LogP contribution in [0.1, 0.15) is 24.0 Å². The Morgan fingerprint density at radius 3 is 2.27 bits per heavy atom. The molecule has 2 aromatic rings. The Morgan fingerprint density at radius 2 is 1.73 bits per heavy atom. The molecule has 0 heterocycles. The Kier molecular flexibility index (Phi) is 4.98. The zero-order chi connectivity index (χ0) is 19.1. The molecular weight excluding hydrogens is 418 g/mol. The number of carbonyl (C=O) groups excluding carboxylic acids is 1. The summed E-state index contributed by atoms with van der Waals surface area (Å²) in [6.07, 6.45) is 0. The number of carbonyl (C=O) groups is 1. The van der Waals surface area contributed by atoms with Crippen molar-refractivity contribution in [2.75, 3.05) is 6.61 Å². The maximum Gasteiger partial charge on any atom is 0.328 e. The molecule has 1 fully saturated rings. The van der Waals surface area contributed by atoms with Crippen LogP contribution in [0.15, 0.2) is 57.9 Å². The van der Waals surface area contributed by atoms with Gasteiger partial charge in [-0.1, -0.05) is 45.8 Å². The fourth-order valence-corrected chi connectivity index (χ4v) is 5.80. The van der Waals surface area contributed by atoms with E-state index in [2.05, 4.69) is 15.9 Å². The van der Waals surface area contributed by atoms with Crippen molar-refractivity contribution in [3.05, 3.63) is 64.1 Å². The average Bonchev–Trinajstić information content (AvgIpc) is 3.25. The van der Waals surface area contributed by atoms with Gasteiger partial charge in [-0.2, -0.15) is 0 Å². The van der Waals surface area contributed by atoms with Gasteiger partial charge in [0.15, 0.2) is 9.84 Å². The third-order valence-electron chi connectivity index (χ3n) is 4.72. The molecule has 0 aromatic heterocycles. The molecule has 0 amide bonds. The fourth-order valence-electron chi connectivity index (χ4n) is 3.30. The molecule has 0 aliphatic heterocycles. The lowest BCUT2D eigenvalue weighted by Gasteiger charge is -2.11. The fraction of sp³-hybridized carbons (Fsp3) is 0.316. The summed E-state index contributed by atoms with van der Waals surface area (Å²) in [5, 5.41) is -1.06. The SMILES string of the molecule is CCOC(=O)[C@]1(N)[C@@H](c2ccc(Br)cc2)[C@@H]1S(=O)(=O)c1ccc(C)cc1. The molecule has 138 valence electrons. The highest BCUT2D eigenvalue weighted by atomic mass is 79.9. The van der Waals surface area contributed by atoms with Crippen LogP contribution in [0.3, 0.4) is 0 Å². The number of sulfone groups is 1. The first-order valence-electron chi connectivity index (χ1n) is 8.25. The van der Waals surface area contributed by atoms with E-state index in [1.807, 2.05) is 6.92 Å². The summed E-state index contributed by atoms with van der Waals surface area (Å²) in [6, 6.07) is 13.7. The van der Waals surface area contributed by atoms with E-state index in [-0.39, 0.29) is 11.5 Å². The molecule has 26 heavy (non-hydrogen) atoms. The summed E-state index contributed by atoms with van der Waals surface area (Å²) in [6.45, 7) is 3.69. The Morgan fingerprint density at radius 1 is 1.15 bits per heavy atom. The minimum absolute atomic E-state index is 0.141. The molecule has 2 aromatic carbocycles. The van der Waals surface area contributed by atoms with E-state index < -0.39 is 32.5 Å². The number of esters is 1. The van der Waals surface area contributed by atoms with Gasteiger partial charge in [0.25, 0.3) is 0 Å². The first-order valence-corrected chi connectivity index (χ1v) is 10.6. The Hall–Kier alpha value is -1.70. The second-order valence-corrected chi connectivity index (χ2v) is 9.45. The Bertz CT molecular complexity index is 925. The van der Waals surface area contributed by atoms with Gasteiger partial charge in [0.2, 0.25) is 0 Å². The predicted molar refractivity (Wildman–Crippen MR) is 103 cm³/mol. The lowest BCUT2D eigenvalue weighted by atomic mass is 10.1. The number of hydrogen-bond donors (Lipinski definition) is 1. The maximum atomic E-state index is 13.2. The Labute approximate surface area is 161 Å². The van der Waals surface area contributed by atoms with Gasteiger partial charge in [-0.05, 0) is 43.7 Å². The summed E-state index contributed by atoms with van der Waals surface area (Å²) in [7, 11) is -3.80. The summed E-state index contributed by atoms with van der Waals surface area (Å²) >= 11 is 3.35. The molecule has 3 atom stereocenters. The lowest BCUT2D eigenvalue weighted by molar-refractivity contribution is -0.145. The molecular formula is C19H20BrNO4S. The van der Waals surface area contributed by atoms with E-state index in [9.17, 15) is 13.2 Å². The van der Waals surface area contributed by atoms with Crippen molar-refractivity contribution in [1.82, 2.24) is 0 Å². The average molecular weight is 438 g/mol. The number of rotatable bonds is 5. The summed E-state index contributed by atoms with van der Waals surface area (Å²) in [4.78, 5) is 12.7. The van der Waals surface area contributed by atoms with E-state index in [1.54, 1.807) is 55.5 Å². The first kappa shape index (κ1) is 19.1. The van der Waals surface area contributed by atoms with Crippen molar-refractivity contribution in [2.45, 2.75) is 35.4 Å². The normalized spacial score (nSPS) is 24.9. The number of nitrogens with two attached hydrogens (primary N) is 1. The van der Waals surface area contributed by atoms with Gasteiger partial charge < -0.3 is 10.5 Å². The second-order valence-electron chi connectivity index (χ2n) is 6.46. The quantitative estimate of drug-likeness (QED) is 0.726. The number of aryl methyl sites for hydroxylation is 1. The van der Waals surface area contributed by atoms with Crippen molar-refractivity contribution in [2.24, 2.45) is 5.73 Å². The molecule has 2 N–H and O–H groups in total. The van der Waals surface area contributed by atoms with Crippen molar-refractivity contribution < 1.29 is 17.9 Å². The summed E-state index contributed by atoms with van der Waals surface area (Å²) in [5.41, 5.74) is 6.38. The molecule has 0 unspecified atom stereocenters. The Balaban J connectivity index is 2.06. The second kappa shape index (κ2) is 6.79. The van der Waals surface area contributed by atoms with E-state index in [0.717, 1.165) is 10.0 Å². The monoisotopic (exact) mass is 437 g/mol. The van der Waals surface area contributed by atoms with Crippen molar-refractivity contribution in [3.8, 4) is 0 Å². The van der Waals surface area contributed by atoms with Gasteiger partial charge in [0.1, 0.15) is 10.8 Å². The van der Waals surface area contributed by atoms with Crippen LogP contribution in [-0.2, 0) is 19.4 Å². The van der Waals surface area contributed by atoms with E-state index >= 15 is 0 Å². The summed E-state index contributed by atoms with van der Waals surface area (Å²) in [5.74, 6) is -1.34. The minimum Gasteiger partial charge on any atom is -0.465 e. The van der Waals surface area contributed by atoms with Crippen LogP contribution in [0.5, 0.6) is 0 Å². The van der Waals surface area contributed by atoms with Gasteiger partial charge in [-0.15, -0.1) is 0 Å². The zero-order valence-electron chi connectivity index (χ0n) is 14.5. The third-order valence-corrected chi connectivity index (χ3v) is 7.51. The van der Waals surface area contributed by atoms with Crippen LogP contribution in [0.2, 0.25) is 0 Å². The molecule has 0 radical (unpaired) electrons. The number of benzene rings is 2. The zero-order valence-corrected chi connectivity index (χ0v) is 16.9. The molecule has 0 bridgehead atoms. The molecule has 0 spiro atoms. The largest absolute Gasteiger partial charge is 0.465 e. The van der Waals surface area contributed by atoms with Crippen LogP contribution in [0, 0.1) is 6.92 Å². The minimum atomic E-state index is -3.80. The maximum absolute atomic E-state index is 13.2. The van der Waals surface area contributed by atoms with Crippen LogP contribution < -0.4 is 5.73 Å². The predicted octanol–water partition coefficient (Wildman–Crippen LogP) is 2.96. The lowest BCUT2D eigenvalue weighted by Crippen LogP contribution is -2.41. The molecule has 1 aliphatic rings. The highest BCUT2D eigenvalue weighted by Gasteiger charge is 2.74. The molecule has 1 aliphatic carbocycles. The van der Waals surface area contributed by atoms with Crippen LogP contribution in [-0.4, -0.2) is 31.8 Å². The van der Waals surface area contributed by atoms with Crippen LogP contribution in [0.4, 0.5) is 0 Å². The van der Waals surface area contributed by atoms with Gasteiger partial charge in [-0.3, -0.25) is 0 Å². The van der Waals surface area contributed by atoms with E-state index in [4.69, 9.17) is 10.5 Å². The van der Waals surface area contributed by atoms with Gasteiger partial charge >= 0.3 is 5.97 Å². The highest BCUT2D eigenvalue weighted by molar-refractivity contribution is 9.10. The molecule has 1 saturated carbocycles. The molecule has 3 rings (SSSR count). The number of halogens is 1. The smallest absolute Gasteiger partial charge is 0.328 e. The molecule has 7 heteroatoms. The van der Waals surface area contributed by atoms with Crippen molar-refractivity contribution in [3.63, 3.8) is 0 Å². The van der Waals surface area contributed by atoms with Crippen molar-refractivity contribution >= 4 is 31.7 Å². The van der Waals surface area contributed by atoms with E-state index in [1.165, 1.54) is 0 Å². The standard InChI is InChI=1S/C19H20BrNO4S/c1-3-25-18(22)19(21)16(13-6-8-14(20)9-7-13)17(19)26(23,24)15-10-4-12(2)5-11-15/h4-11,16-17H,3,21H2,1-2H3/t16-,17-,19-/m0/s1. The van der Waals surface area contributed by atoms with Crippen LogP contribution >= 0.6 is 15.9 Å². The molecule has 0 saturated heterocycles. The molecule has 5 nitrogen and oxygen atoms in total. The van der Waals surface area contributed by atoms with Gasteiger partial charge in [-0.25, -0.2) is 13.2 Å². The van der Waals surface area contributed by atoms with E-state index in [0.29, 0.717) is 5.56 Å². The van der Waals surface area contributed by atoms with Crippen LogP contribution in [0.25, 0.3) is 0 Å². The first-order chi connectivity index (χ1) is 12.2. The van der Waals surface area contributed by atoms with Gasteiger partial charge in [0.05, 0.1) is 11.5 Å². The number of hydrogen-bond acceptors (Lipinski definition) is 5. The topological polar surface area (TPSA) is 86.5 Å².